The number of carbonyl (C=O) groups excluding carboxylic acids is 1. The van der Waals surface area contributed by atoms with Gasteiger partial charge in [-0.2, -0.15) is 4.31 Å². The van der Waals surface area contributed by atoms with Crippen molar-refractivity contribution in [2.24, 2.45) is 0 Å². The Labute approximate surface area is 146 Å². The van der Waals surface area contributed by atoms with E-state index in [0.717, 1.165) is 17.0 Å². The van der Waals surface area contributed by atoms with Crippen LogP contribution in [0.1, 0.15) is 33.3 Å². The van der Waals surface area contributed by atoms with Gasteiger partial charge in [-0.05, 0) is 26.0 Å². The minimum Gasteiger partial charge on any atom is -0.456 e. The van der Waals surface area contributed by atoms with E-state index in [9.17, 15) is 13.2 Å². The minimum atomic E-state index is -3.22. The lowest BCUT2D eigenvalue weighted by Gasteiger charge is -2.32. The highest BCUT2D eigenvalue weighted by Gasteiger charge is 2.28. The van der Waals surface area contributed by atoms with Crippen molar-refractivity contribution in [2.45, 2.75) is 20.3 Å². The fraction of sp³-hybridized carbons (Fsp3) is 0.500. The second-order valence-corrected chi connectivity index (χ2v) is 8.18. The van der Waals surface area contributed by atoms with E-state index in [1.807, 2.05) is 13.8 Å². The van der Waals surface area contributed by atoms with Crippen LogP contribution in [0.4, 0.5) is 0 Å². The maximum absolute atomic E-state index is 12.5. The molecule has 3 heterocycles. The Morgan fingerprint density at radius 2 is 1.88 bits per heavy atom. The summed E-state index contributed by atoms with van der Waals surface area (Å²) >= 11 is 0. The van der Waals surface area contributed by atoms with Gasteiger partial charge >= 0.3 is 0 Å². The van der Waals surface area contributed by atoms with E-state index in [1.54, 1.807) is 17.0 Å². The number of aromatic nitrogens is 1. The third-order valence-electron chi connectivity index (χ3n) is 4.40. The maximum Gasteiger partial charge on any atom is 0.289 e. The summed E-state index contributed by atoms with van der Waals surface area (Å²) in [6.45, 7) is 5.01. The second kappa shape index (κ2) is 6.64. The summed E-state index contributed by atoms with van der Waals surface area (Å²) in [4.78, 5) is 14.2. The molecule has 2 aromatic heterocycles. The molecule has 0 N–H and O–H groups in total. The van der Waals surface area contributed by atoms with Crippen LogP contribution in [0.5, 0.6) is 0 Å². The van der Waals surface area contributed by atoms with Crippen LogP contribution in [-0.4, -0.2) is 61.1 Å². The highest BCUT2D eigenvalue weighted by Crippen LogP contribution is 2.20. The van der Waals surface area contributed by atoms with E-state index in [-0.39, 0.29) is 11.7 Å². The topological polar surface area (TPSA) is 96.9 Å². The number of furan rings is 1. The Hall–Kier alpha value is -2.13. The number of aryl methyl sites for hydroxylation is 2. The fourth-order valence-corrected chi connectivity index (χ4v) is 3.72. The molecule has 1 saturated heterocycles. The lowest BCUT2D eigenvalue weighted by molar-refractivity contribution is 0.0664. The molecule has 0 radical (unpaired) electrons. The van der Waals surface area contributed by atoms with Crippen molar-refractivity contribution in [3.63, 3.8) is 0 Å². The Kier molecular flexibility index (Phi) is 4.70. The number of amides is 1. The molecule has 0 aromatic carbocycles. The molecule has 8 nitrogen and oxygen atoms in total. The average molecular weight is 367 g/mol. The zero-order chi connectivity index (χ0) is 18.2. The number of hydrogen-bond acceptors (Lipinski definition) is 6. The van der Waals surface area contributed by atoms with Crippen molar-refractivity contribution in [1.29, 1.82) is 0 Å². The molecule has 0 aliphatic carbocycles. The molecule has 1 amide bonds. The number of sulfonamides is 1. The first-order chi connectivity index (χ1) is 11.8. The number of hydrogen-bond donors (Lipinski definition) is 0. The van der Waals surface area contributed by atoms with Gasteiger partial charge in [-0.1, -0.05) is 5.16 Å². The van der Waals surface area contributed by atoms with Crippen LogP contribution in [0.15, 0.2) is 21.1 Å². The lowest BCUT2D eigenvalue weighted by atomic mass is 10.1. The van der Waals surface area contributed by atoms with E-state index in [1.165, 1.54) is 10.6 Å². The SMILES string of the molecule is Cc1noc(C)c1Cc1ccc(C(=O)N2CCN(S(C)(=O)=O)CC2)o1. The molecular weight excluding hydrogens is 346 g/mol. The van der Waals surface area contributed by atoms with Crippen LogP contribution in [-0.2, 0) is 16.4 Å². The fourth-order valence-electron chi connectivity index (χ4n) is 2.90. The van der Waals surface area contributed by atoms with Gasteiger partial charge in [0.15, 0.2) is 5.76 Å². The smallest absolute Gasteiger partial charge is 0.289 e. The van der Waals surface area contributed by atoms with E-state index in [0.29, 0.717) is 38.4 Å². The zero-order valence-electron chi connectivity index (χ0n) is 14.5. The summed E-state index contributed by atoms with van der Waals surface area (Å²) < 4.78 is 35.3. The van der Waals surface area contributed by atoms with Crippen LogP contribution >= 0.6 is 0 Å². The monoisotopic (exact) mass is 367 g/mol. The molecule has 3 rings (SSSR count). The summed E-state index contributed by atoms with van der Waals surface area (Å²) in [7, 11) is -3.22. The van der Waals surface area contributed by atoms with Crippen LogP contribution in [0.2, 0.25) is 0 Å². The number of carbonyl (C=O) groups is 1. The van der Waals surface area contributed by atoms with Gasteiger partial charge in [0, 0.05) is 38.2 Å². The van der Waals surface area contributed by atoms with Gasteiger partial charge in [-0.15, -0.1) is 0 Å². The molecular formula is C16H21N3O5S. The highest BCUT2D eigenvalue weighted by atomic mass is 32.2. The van der Waals surface area contributed by atoms with Gasteiger partial charge in [0.2, 0.25) is 10.0 Å². The molecule has 2 aromatic rings. The quantitative estimate of drug-likeness (QED) is 0.805. The van der Waals surface area contributed by atoms with E-state index < -0.39 is 10.0 Å². The Bertz CT molecular complexity index is 856. The van der Waals surface area contributed by atoms with Gasteiger partial charge in [-0.25, -0.2) is 8.42 Å². The van der Waals surface area contributed by atoms with Crippen LogP contribution in [0.3, 0.4) is 0 Å². The van der Waals surface area contributed by atoms with Crippen molar-refractivity contribution in [2.75, 3.05) is 32.4 Å². The number of nitrogens with zero attached hydrogens (tertiary/aromatic N) is 3. The van der Waals surface area contributed by atoms with Gasteiger partial charge in [0.25, 0.3) is 5.91 Å². The van der Waals surface area contributed by atoms with Crippen molar-refractivity contribution >= 4 is 15.9 Å². The van der Waals surface area contributed by atoms with E-state index >= 15 is 0 Å². The molecule has 1 aliphatic rings. The summed E-state index contributed by atoms with van der Waals surface area (Å²) in [6, 6.07) is 3.42. The van der Waals surface area contributed by atoms with Crippen LogP contribution < -0.4 is 0 Å². The van der Waals surface area contributed by atoms with Gasteiger partial charge < -0.3 is 13.8 Å². The minimum absolute atomic E-state index is 0.224. The van der Waals surface area contributed by atoms with Crippen molar-refractivity contribution < 1.29 is 22.2 Å². The molecule has 0 atom stereocenters. The Morgan fingerprint density at radius 3 is 2.44 bits per heavy atom. The van der Waals surface area contributed by atoms with Gasteiger partial charge in [0.05, 0.1) is 11.9 Å². The number of piperazine rings is 1. The summed E-state index contributed by atoms with van der Waals surface area (Å²) in [5.74, 6) is 1.43. The van der Waals surface area contributed by atoms with Crippen molar-refractivity contribution in [1.82, 2.24) is 14.4 Å². The zero-order valence-corrected chi connectivity index (χ0v) is 15.3. The highest BCUT2D eigenvalue weighted by molar-refractivity contribution is 7.88. The number of rotatable bonds is 4. The first-order valence-corrected chi connectivity index (χ1v) is 9.85. The molecule has 136 valence electrons. The molecule has 0 unspecified atom stereocenters. The summed E-state index contributed by atoms with van der Waals surface area (Å²) in [6.07, 6.45) is 1.69. The van der Waals surface area contributed by atoms with Crippen LogP contribution in [0, 0.1) is 13.8 Å². The summed E-state index contributed by atoms with van der Waals surface area (Å²) in [5.41, 5.74) is 1.76. The molecule has 9 heteroatoms. The Morgan fingerprint density at radius 1 is 1.20 bits per heavy atom. The molecule has 1 fully saturated rings. The maximum atomic E-state index is 12.5. The van der Waals surface area contributed by atoms with Crippen molar-refractivity contribution in [3.8, 4) is 0 Å². The second-order valence-electron chi connectivity index (χ2n) is 6.20. The van der Waals surface area contributed by atoms with Crippen LogP contribution in [0.25, 0.3) is 0 Å². The first kappa shape index (κ1) is 17.7. The molecule has 0 spiro atoms. The normalized spacial score (nSPS) is 16.4. The van der Waals surface area contributed by atoms with Gasteiger partial charge in [-0.3, -0.25) is 4.79 Å². The lowest BCUT2D eigenvalue weighted by Crippen LogP contribution is -2.50. The largest absolute Gasteiger partial charge is 0.456 e. The standard InChI is InChI=1S/C16H21N3O5S/c1-11-14(12(2)24-17-11)10-13-4-5-15(23-13)16(20)18-6-8-19(9-7-18)25(3,21)22/h4-5H,6-10H2,1-3H3. The average Bonchev–Trinajstić information content (AvgIpc) is 3.16. The predicted molar refractivity (Wildman–Crippen MR) is 89.8 cm³/mol. The third-order valence-corrected chi connectivity index (χ3v) is 5.70. The summed E-state index contributed by atoms with van der Waals surface area (Å²) in [5, 5.41) is 3.91. The van der Waals surface area contributed by atoms with Gasteiger partial charge in [0.1, 0.15) is 11.5 Å². The third kappa shape index (κ3) is 3.77. The predicted octanol–water partition coefficient (Wildman–Crippen LogP) is 1.19. The Balaban J connectivity index is 1.66. The van der Waals surface area contributed by atoms with E-state index in [2.05, 4.69) is 5.16 Å². The molecule has 1 aliphatic heterocycles. The first-order valence-electron chi connectivity index (χ1n) is 8.00. The molecule has 0 bridgehead atoms. The van der Waals surface area contributed by atoms with Crippen molar-refractivity contribution in [3.05, 3.63) is 40.7 Å². The molecule has 0 saturated carbocycles. The molecule has 25 heavy (non-hydrogen) atoms. The van der Waals surface area contributed by atoms with E-state index in [4.69, 9.17) is 8.94 Å².